The topological polar surface area (TPSA) is 99.2 Å². The molecule has 2 N–H and O–H groups in total. The fourth-order valence-electron chi connectivity index (χ4n) is 1.71. The van der Waals surface area contributed by atoms with E-state index in [4.69, 9.17) is 5.26 Å². The van der Waals surface area contributed by atoms with Crippen molar-refractivity contribution in [1.82, 2.24) is 0 Å². The Kier molecular flexibility index (Phi) is 3.82. The van der Waals surface area contributed by atoms with Crippen molar-refractivity contribution in [3.05, 3.63) is 63.7 Å². The number of phenols is 1. The zero-order valence-corrected chi connectivity index (χ0v) is 10.4. The highest BCUT2D eigenvalue weighted by atomic mass is 16.6. The van der Waals surface area contributed by atoms with Gasteiger partial charge in [-0.1, -0.05) is 12.1 Å². The lowest BCUT2D eigenvalue weighted by Crippen LogP contribution is -2.02. The minimum atomic E-state index is -0.555. The lowest BCUT2D eigenvalue weighted by atomic mass is 10.1. The number of nitro groups is 1. The molecule has 6 heteroatoms. The largest absolute Gasteiger partial charge is 0.508 e. The van der Waals surface area contributed by atoms with E-state index in [2.05, 4.69) is 5.32 Å². The van der Waals surface area contributed by atoms with Gasteiger partial charge in [-0.05, 0) is 29.8 Å². The number of nitriles is 1. The standard InChI is InChI=1S/C14H11N3O3/c15-8-10-1-3-11(4-2-10)9-16-13-6-5-12(18)7-14(13)17(19)20/h1-7,16,18H,9H2. The summed E-state index contributed by atoms with van der Waals surface area (Å²) >= 11 is 0. The Labute approximate surface area is 115 Å². The average Bonchev–Trinajstić information content (AvgIpc) is 2.46. The number of nitro benzene ring substituents is 1. The van der Waals surface area contributed by atoms with E-state index in [1.54, 1.807) is 24.3 Å². The highest BCUT2D eigenvalue weighted by molar-refractivity contribution is 5.63. The molecule has 0 unspecified atom stereocenters. The first-order chi connectivity index (χ1) is 9.60. The fraction of sp³-hybridized carbons (Fsp3) is 0.0714. The quantitative estimate of drug-likeness (QED) is 0.505. The third-order valence-corrected chi connectivity index (χ3v) is 2.74. The van der Waals surface area contributed by atoms with Gasteiger partial charge in [0, 0.05) is 6.54 Å². The van der Waals surface area contributed by atoms with Crippen LogP contribution in [0.25, 0.3) is 0 Å². The van der Waals surface area contributed by atoms with Crippen LogP contribution in [0.2, 0.25) is 0 Å². The molecule has 0 saturated carbocycles. The molecule has 0 aromatic heterocycles. The van der Waals surface area contributed by atoms with E-state index >= 15 is 0 Å². The monoisotopic (exact) mass is 269 g/mol. The van der Waals surface area contributed by atoms with E-state index in [0.29, 0.717) is 17.8 Å². The summed E-state index contributed by atoms with van der Waals surface area (Å²) in [6.45, 7) is 0.386. The van der Waals surface area contributed by atoms with Gasteiger partial charge in [-0.3, -0.25) is 10.1 Å². The number of anilines is 1. The molecule has 0 saturated heterocycles. The predicted octanol–water partition coefficient (Wildman–Crippen LogP) is 2.78. The van der Waals surface area contributed by atoms with Crippen LogP contribution in [0.5, 0.6) is 5.75 Å². The van der Waals surface area contributed by atoms with Crippen LogP contribution in [0.4, 0.5) is 11.4 Å². The van der Waals surface area contributed by atoms with Gasteiger partial charge in [0.25, 0.3) is 5.69 Å². The number of phenolic OH excluding ortho intramolecular Hbond substituents is 1. The van der Waals surface area contributed by atoms with E-state index < -0.39 is 4.92 Å². The maximum Gasteiger partial charge on any atom is 0.296 e. The summed E-state index contributed by atoms with van der Waals surface area (Å²) in [6, 6.07) is 12.9. The molecule has 6 nitrogen and oxygen atoms in total. The highest BCUT2D eigenvalue weighted by Crippen LogP contribution is 2.28. The molecule has 0 aliphatic carbocycles. The first-order valence-corrected chi connectivity index (χ1v) is 5.80. The second-order valence-corrected chi connectivity index (χ2v) is 4.12. The van der Waals surface area contributed by atoms with Gasteiger partial charge in [-0.25, -0.2) is 0 Å². The molecule has 0 heterocycles. The molecule has 20 heavy (non-hydrogen) atoms. The number of hydrogen-bond acceptors (Lipinski definition) is 5. The molecular formula is C14H11N3O3. The van der Waals surface area contributed by atoms with Crippen LogP contribution in [-0.2, 0) is 6.54 Å². The smallest absolute Gasteiger partial charge is 0.296 e. The van der Waals surface area contributed by atoms with E-state index in [-0.39, 0.29) is 11.4 Å². The van der Waals surface area contributed by atoms with Crippen LogP contribution in [0.15, 0.2) is 42.5 Å². The Balaban J connectivity index is 2.14. The van der Waals surface area contributed by atoms with Crippen LogP contribution in [0.1, 0.15) is 11.1 Å². The fourth-order valence-corrected chi connectivity index (χ4v) is 1.71. The van der Waals surface area contributed by atoms with Gasteiger partial charge in [0.05, 0.1) is 22.6 Å². The number of aromatic hydroxyl groups is 1. The molecule has 2 aromatic rings. The molecule has 0 aliphatic heterocycles. The van der Waals surface area contributed by atoms with Crippen molar-refractivity contribution >= 4 is 11.4 Å². The van der Waals surface area contributed by atoms with E-state index in [0.717, 1.165) is 11.6 Å². The van der Waals surface area contributed by atoms with Crippen LogP contribution in [-0.4, -0.2) is 10.0 Å². The first kappa shape index (κ1) is 13.4. The van der Waals surface area contributed by atoms with E-state index in [1.165, 1.54) is 12.1 Å². The van der Waals surface area contributed by atoms with Gasteiger partial charge >= 0.3 is 0 Å². The van der Waals surface area contributed by atoms with Crippen LogP contribution < -0.4 is 5.32 Å². The second kappa shape index (κ2) is 5.71. The van der Waals surface area contributed by atoms with Gasteiger partial charge in [0.1, 0.15) is 11.4 Å². The Morgan fingerprint density at radius 1 is 1.25 bits per heavy atom. The molecule has 100 valence electrons. The third kappa shape index (κ3) is 3.03. The van der Waals surface area contributed by atoms with E-state index in [1.807, 2.05) is 6.07 Å². The van der Waals surface area contributed by atoms with Crippen molar-refractivity contribution in [3.63, 3.8) is 0 Å². The number of nitrogens with one attached hydrogen (secondary N) is 1. The van der Waals surface area contributed by atoms with E-state index in [9.17, 15) is 15.2 Å². The SMILES string of the molecule is N#Cc1ccc(CNc2ccc(O)cc2[N+](=O)[O-])cc1. The summed E-state index contributed by atoms with van der Waals surface area (Å²) in [4.78, 5) is 10.3. The van der Waals surface area contributed by atoms with Crippen LogP contribution >= 0.6 is 0 Å². The van der Waals surface area contributed by atoms with Crippen molar-refractivity contribution in [2.24, 2.45) is 0 Å². The molecule has 0 radical (unpaired) electrons. The number of hydrogen-bond donors (Lipinski definition) is 2. The molecule has 2 rings (SSSR count). The number of nitrogens with zero attached hydrogens (tertiary/aromatic N) is 2. The molecule has 0 fully saturated rings. The Morgan fingerprint density at radius 3 is 2.55 bits per heavy atom. The van der Waals surface area contributed by atoms with Crippen molar-refractivity contribution in [3.8, 4) is 11.8 Å². The van der Waals surface area contributed by atoms with Gasteiger partial charge in [0.2, 0.25) is 0 Å². The molecular weight excluding hydrogens is 258 g/mol. The molecule has 0 spiro atoms. The zero-order chi connectivity index (χ0) is 14.5. The van der Waals surface area contributed by atoms with Crippen molar-refractivity contribution < 1.29 is 10.0 Å². The first-order valence-electron chi connectivity index (χ1n) is 5.80. The molecule has 0 aliphatic rings. The minimum Gasteiger partial charge on any atom is -0.508 e. The summed E-state index contributed by atoms with van der Waals surface area (Å²) in [5.74, 6) is -0.152. The van der Waals surface area contributed by atoms with Crippen LogP contribution in [0.3, 0.4) is 0 Å². The molecule has 2 aromatic carbocycles. The molecule has 0 atom stereocenters. The highest BCUT2D eigenvalue weighted by Gasteiger charge is 2.14. The summed E-state index contributed by atoms with van der Waals surface area (Å²) in [5, 5.41) is 31.8. The Morgan fingerprint density at radius 2 is 1.95 bits per heavy atom. The third-order valence-electron chi connectivity index (χ3n) is 2.74. The summed E-state index contributed by atoms with van der Waals surface area (Å²) in [7, 11) is 0. The Bertz CT molecular complexity index is 675. The molecule has 0 amide bonds. The maximum absolute atomic E-state index is 10.9. The average molecular weight is 269 g/mol. The summed E-state index contributed by atoms with van der Waals surface area (Å²) < 4.78 is 0. The van der Waals surface area contributed by atoms with Crippen molar-refractivity contribution in [2.75, 3.05) is 5.32 Å². The summed E-state index contributed by atoms with van der Waals surface area (Å²) in [6.07, 6.45) is 0. The Hall–Kier alpha value is -3.07. The normalized spacial score (nSPS) is 9.75. The van der Waals surface area contributed by atoms with Crippen LogP contribution in [0, 0.1) is 21.4 Å². The van der Waals surface area contributed by atoms with Gasteiger partial charge in [-0.2, -0.15) is 5.26 Å². The molecule has 0 bridgehead atoms. The van der Waals surface area contributed by atoms with Gasteiger partial charge in [-0.15, -0.1) is 0 Å². The van der Waals surface area contributed by atoms with Crippen molar-refractivity contribution in [1.29, 1.82) is 5.26 Å². The maximum atomic E-state index is 10.9. The van der Waals surface area contributed by atoms with Crippen molar-refractivity contribution in [2.45, 2.75) is 6.54 Å². The lowest BCUT2D eigenvalue weighted by Gasteiger charge is -2.07. The zero-order valence-electron chi connectivity index (χ0n) is 10.4. The lowest BCUT2D eigenvalue weighted by molar-refractivity contribution is -0.384. The van der Waals surface area contributed by atoms with Gasteiger partial charge in [0.15, 0.2) is 0 Å². The predicted molar refractivity (Wildman–Crippen MR) is 73.2 cm³/mol. The number of rotatable bonds is 4. The van der Waals surface area contributed by atoms with Gasteiger partial charge < -0.3 is 10.4 Å². The second-order valence-electron chi connectivity index (χ2n) is 4.12. The number of benzene rings is 2. The summed E-state index contributed by atoms with van der Waals surface area (Å²) in [5.41, 5.74) is 1.60. The minimum absolute atomic E-state index is 0.152.